The summed E-state index contributed by atoms with van der Waals surface area (Å²) in [6.45, 7) is 2.77. The molecule has 29 heavy (non-hydrogen) atoms. The van der Waals surface area contributed by atoms with Crippen LogP contribution in [0.4, 0.5) is 0 Å². The number of hydrogen-bond acceptors (Lipinski definition) is 4. The van der Waals surface area contributed by atoms with E-state index < -0.39 is 5.79 Å². The fraction of sp³-hybridized carbons (Fsp3) is 0.542. The molecule has 2 aliphatic rings. The predicted octanol–water partition coefficient (Wildman–Crippen LogP) is 6.79. The van der Waals surface area contributed by atoms with Crippen LogP contribution < -0.4 is 9.47 Å². The molecule has 1 unspecified atom stereocenters. The van der Waals surface area contributed by atoms with Crippen molar-refractivity contribution in [2.75, 3.05) is 7.11 Å². The van der Waals surface area contributed by atoms with Gasteiger partial charge in [-0.15, -0.1) is 0 Å². The van der Waals surface area contributed by atoms with Gasteiger partial charge >= 0.3 is 0 Å². The summed E-state index contributed by atoms with van der Waals surface area (Å²) in [6, 6.07) is 8.11. The SMILES string of the molecule is CCCC1(CCCC2CCC2)OCc2cc(-c3cnc(OC)c(Cl)c3)ccc2O1. The van der Waals surface area contributed by atoms with Gasteiger partial charge in [0.25, 0.3) is 0 Å². The molecule has 1 aliphatic carbocycles. The van der Waals surface area contributed by atoms with Crippen molar-refractivity contribution >= 4 is 11.6 Å². The molecule has 1 saturated carbocycles. The average Bonchev–Trinajstić information content (AvgIpc) is 2.70. The third-order valence-corrected chi connectivity index (χ3v) is 6.48. The number of halogens is 1. The van der Waals surface area contributed by atoms with Gasteiger partial charge in [-0.25, -0.2) is 4.98 Å². The van der Waals surface area contributed by atoms with Crippen LogP contribution in [-0.4, -0.2) is 17.9 Å². The van der Waals surface area contributed by atoms with Crippen molar-refractivity contribution < 1.29 is 14.2 Å². The highest BCUT2D eigenvalue weighted by Gasteiger charge is 2.37. The topological polar surface area (TPSA) is 40.6 Å². The van der Waals surface area contributed by atoms with Crippen LogP contribution in [0.5, 0.6) is 11.6 Å². The van der Waals surface area contributed by atoms with Gasteiger partial charge in [0.1, 0.15) is 10.8 Å². The van der Waals surface area contributed by atoms with Gasteiger partial charge in [-0.1, -0.05) is 50.3 Å². The molecular formula is C24H30ClNO3. The normalized spacial score (nSPS) is 21.2. The second-order valence-electron chi connectivity index (χ2n) is 8.28. The summed E-state index contributed by atoms with van der Waals surface area (Å²) in [4.78, 5) is 4.28. The van der Waals surface area contributed by atoms with Crippen LogP contribution in [0.25, 0.3) is 11.1 Å². The van der Waals surface area contributed by atoms with Crippen LogP contribution in [0, 0.1) is 5.92 Å². The second kappa shape index (κ2) is 8.93. The largest absolute Gasteiger partial charge is 0.480 e. The highest BCUT2D eigenvalue weighted by molar-refractivity contribution is 6.32. The number of ether oxygens (including phenoxy) is 3. The highest BCUT2D eigenvalue weighted by atomic mass is 35.5. The maximum atomic E-state index is 6.46. The number of methoxy groups -OCH3 is 1. The summed E-state index contributed by atoms with van der Waals surface area (Å²) in [5.41, 5.74) is 3.06. The zero-order chi connectivity index (χ0) is 20.3. The summed E-state index contributed by atoms with van der Waals surface area (Å²) < 4.78 is 17.9. The lowest BCUT2D eigenvalue weighted by Crippen LogP contribution is -2.42. The summed E-state index contributed by atoms with van der Waals surface area (Å²) in [7, 11) is 1.57. The molecule has 4 nitrogen and oxygen atoms in total. The van der Waals surface area contributed by atoms with Crippen LogP contribution >= 0.6 is 11.6 Å². The van der Waals surface area contributed by atoms with Crippen molar-refractivity contribution in [1.29, 1.82) is 0 Å². The molecule has 1 fully saturated rings. The van der Waals surface area contributed by atoms with E-state index in [1.807, 2.05) is 6.07 Å². The van der Waals surface area contributed by atoms with E-state index in [1.54, 1.807) is 13.3 Å². The summed E-state index contributed by atoms with van der Waals surface area (Å²) in [5, 5.41) is 0.503. The van der Waals surface area contributed by atoms with E-state index in [9.17, 15) is 0 Å². The lowest BCUT2D eigenvalue weighted by Gasteiger charge is -2.39. The monoisotopic (exact) mass is 415 g/mol. The van der Waals surface area contributed by atoms with Crippen molar-refractivity contribution in [3.8, 4) is 22.8 Å². The number of fused-ring (bicyclic) bond motifs is 1. The maximum Gasteiger partial charge on any atom is 0.232 e. The minimum atomic E-state index is -0.474. The maximum absolute atomic E-state index is 6.46. The molecule has 0 amide bonds. The molecule has 0 bridgehead atoms. The van der Waals surface area contributed by atoms with Gasteiger partial charge in [0, 0.05) is 30.2 Å². The zero-order valence-electron chi connectivity index (χ0n) is 17.4. The summed E-state index contributed by atoms with van der Waals surface area (Å²) >= 11 is 6.24. The van der Waals surface area contributed by atoms with E-state index >= 15 is 0 Å². The van der Waals surface area contributed by atoms with E-state index in [0.717, 1.165) is 47.6 Å². The van der Waals surface area contributed by atoms with Gasteiger partial charge in [-0.3, -0.25) is 0 Å². The first-order valence-corrected chi connectivity index (χ1v) is 11.2. The first kappa shape index (κ1) is 20.5. The van der Waals surface area contributed by atoms with Crippen molar-refractivity contribution in [3.63, 3.8) is 0 Å². The van der Waals surface area contributed by atoms with Gasteiger partial charge in [0.15, 0.2) is 0 Å². The Balaban J connectivity index is 1.49. The Labute approximate surface area is 178 Å². The molecule has 5 heteroatoms. The summed E-state index contributed by atoms with van der Waals surface area (Å²) in [6.07, 6.45) is 11.4. The van der Waals surface area contributed by atoms with Gasteiger partial charge in [0.05, 0.1) is 13.7 Å². The fourth-order valence-electron chi connectivity index (χ4n) is 4.34. The third-order valence-electron chi connectivity index (χ3n) is 6.21. The summed E-state index contributed by atoms with van der Waals surface area (Å²) in [5.74, 6) is 1.82. The van der Waals surface area contributed by atoms with Gasteiger partial charge in [0.2, 0.25) is 11.7 Å². The Hall–Kier alpha value is -1.78. The van der Waals surface area contributed by atoms with Crippen molar-refractivity contribution in [2.24, 2.45) is 5.92 Å². The third kappa shape index (κ3) is 4.54. The van der Waals surface area contributed by atoms with Crippen LogP contribution in [0.1, 0.15) is 63.9 Å². The number of benzene rings is 1. The van der Waals surface area contributed by atoms with E-state index in [1.165, 1.54) is 32.1 Å². The van der Waals surface area contributed by atoms with Crippen LogP contribution in [0.3, 0.4) is 0 Å². The number of rotatable bonds is 8. The van der Waals surface area contributed by atoms with Crippen LogP contribution in [0.2, 0.25) is 5.02 Å². The number of nitrogens with zero attached hydrogens (tertiary/aromatic N) is 1. The second-order valence-corrected chi connectivity index (χ2v) is 8.69. The fourth-order valence-corrected chi connectivity index (χ4v) is 4.58. The molecular weight excluding hydrogens is 386 g/mol. The smallest absolute Gasteiger partial charge is 0.232 e. The molecule has 1 aromatic carbocycles. The molecule has 1 aliphatic heterocycles. The molecule has 0 N–H and O–H groups in total. The Morgan fingerprint density at radius 1 is 1.21 bits per heavy atom. The molecule has 0 saturated heterocycles. The van der Waals surface area contributed by atoms with Crippen LogP contribution in [0.15, 0.2) is 30.5 Å². The van der Waals surface area contributed by atoms with E-state index in [-0.39, 0.29) is 0 Å². The number of hydrogen-bond donors (Lipinski definition) is 0. The Bertz CT molecular complexity index is 852. The molecule has 0 radical (unpaired) electrons. The van der Waals surface area contributed by atoms with Crippen molar-refractivity contribution in [2.45, 2.75) is 70.7 Å². The minimum absolute atomic E-state index is 0.436. The Morgan fingerprint density at radius 2 is 2.07 bits per heavy atom. The number of aromatic nitrogens is 1. The van der Waals surface area contributed by atoms with E-state index in [4.69, 9.17) is 25.8 Å². The number of pyridine rings is 1. The molecule has 2 aromatic rings. The molecule has 0 spiro atoms. The van der Waals surface area contributed by atoms with Crippen LogP contribution in [-0.2, 0) is 11.3 Å². The predicted molar refractivity (Wildman–Crippen MR) is 115 cm³/mol. The zero-order valence-corrected chi connectivity index (χ0v) is 18.1. The Kier molecular flexibility index (Phi) is 6.31. The van der Waals surface area contributed by atoms with Gasteiger partial charge < -0.3 is 14.2 Å². The first-order valence-electron chi connectivity index (χ1n) is 10.8. The molecule has 2 heterocycles. The molecule has 4 rings (SSSR count). The van der Waals surface area contributed by atoms with E-state index in [2.05, 4.69) is 30.1 Å². The van der Waals surface area contributed by atoms with Gasteiger partial charge in [-0.05, 0) is 42.5 Å². The van der Waals surface area contributed by atoms with Crippen molar-refractivity contribution in [3.05, 3.63) is 41.0 Å². The van der Waals surface area contributed by atoms with Gasteiger partial charge in [-0.2, -0.15) is 0 Å². The average molecular weight is 416 g/mol. The molecule has 156 valence electrons. The quantitative estimate of drug-likeness (QED) is 0.476. The Morgan fingerprint density at radius 3 is 2.76 bits per heavy atom. The van der Waals surface area contributed by atoms with E-state index in [0.29, 0.717) is 17.5 Å². The first-order chi connectivity index (χ1) is 14.1. The standard InChI is InChI=1S/C24H30ClNO3/c1-3-11-24(12-5-8-17-6-4-7-17)28-16-20-13-18(9-10-22(20)29-24)19-14-21(25)23(27-2)26-15-19/h9-10,13-15,17H,3-8,11-12,16H2,1-2H3. The molecule has 1 aromatic heterocycles. The highest BCUT2D eigenvalue weighted by Crippen LogP contribution is 2.40. The lowest BCUT2D eigenvalue weighted by atomic mass is 9.81. The minimum Gasteiger partial charge on any atom is -0.480 e. The molecule has 1 atom stereocenters. The van der Waals surface area contributed by atoms with Crippen molar-refractivity contribution in [1.82, 2.24) is 4.98 Å². The lowest BCUT2D eigenvalue weighted by molar-refractivity contribution is -0.215.